The van der Waals surface area contributed by atoms with Crippen molar-refractivity contribution in [2.24, 2.45) is 0 Å². The van der Waals surface area contributed by atoms with Gasteiger partial charge in [0.05, 0.1) is 5.02 Å². The van der Waals surface area contributed by atoms with E-state index in [1.54, 1.807) is 32.0 Å². The van der Waals surface area contributed by atoms with Gasteiger partial charge in [-0.25, -0.2) is 4.39 Å². The van der Waals surface area contributed by atoms with Crippen molar-refractivity contribution in [2.45, 2.75) is 19.4 Å². The molecule has 0 spiro atoms. The van der Waals surface area contributed by atoms with Crippen LogP contribution in [0.5, 0.6) is 0 Å². The van der Waals surface area contributed by atoms with Gasteiger partial charge in [-0.2, -0.15) is 5.10 Å². The molecule has 0 saturated carbocycles. The summed E-state index contributed by atoms with van der Waals surface area (Å²) in [6.07, 6.45) is 2.29. The molecule has 18 heavy (non-hydrogen) atoms. The molecule has 0 N–H and O–H groups in total. The highest BCUT2D eigenvalue weighted by molar-refractivity contribution is 6.33. The number of aldehydes is 1. The Labute approximate surface area is 109 Å². The summed E-state index contributed by atoms with van der Waals surface area (Å²) in [5, 5.41) is 4.51. The molecule has 0 unspecified atom stereocenters. The molecule has 0 saturated heterocycles. The summed E-state index contributed by atoms with van der Waals surface area (Å²) >= 11 is 6.05. The molecule has 2 aromatic rings. The fourth-order valence-electron chi connectivity index (χ4n) is 1.54. The highest BCUT2D eigenvalue weighted by atomic mass is 35.5. The van der Waals surface area contributed by atoms with E-state index < -0.39 is 11.4 Å². The van der Waals surface area contributed by atoms with Gasteiger partial charge >= 0.3 is 0 Å². The van der Waals surface area contributed by atoms with Crippen molar-refractivity contribution < 1.29 is 9.18 Å². The second-order valence-electron chi connectivity index (χ2n) is 4.52. The summed E-state index contributed by atoms with van der Waals surface area (Å²) < 4.78 is 15.1. The number of carbonyl (C=O) groups is 1. The molecule has 0 aliphatic carbocycles. The maximum atomic E-state index is 13.7. The van der Waals surface area contributed by atoms with Gasteiger partial charge in [-0.05, 0) is 26.0 Å². The molecular formula is C13H12ClFN2O. The van der Waals surface area contributed by atoms with E-state index in [0.29, 0.717) is 16.3 Å². The van der Waals surface area contributed by atoms with Crippen molar-refractivity contribution in [3.8, 4) is 11.3 Å². The quantitative estimate of drug-likeness (QED) is 0.799. The van der Waals surface area contributed by atoms with E-state index in [1.807, 2.05) is 0 Å². The highest BCUT2D eigenvalue weighted by Gasteiger charge is 2.23. The first-order valence-electron chi connectivity index (χ1n) is 5.42. The van der Waals surface area contributed by atoms with Gasteiger partial charge in [0.25, 0.3) is 0 Å². The summed E-state index contributed by atoms with van der Waals surface area (Å²) in [7, 11) is 0. The number of aromatic nitrogens is 2. The molecule has 0 amide bonds. The highest BCUT2D eigenvalue weighted by Crippen LogP contribution is 2.29. The van der Waals surface area contributed by atoms with Crippen molar-refractivity contribution in [1.29, 1.82) is 0 Å². The topological polar surface area (TPSA) is 34.9 Å². The zero-order valence-electron chi connectivity index (χ0n) is 10.0. The summed E-state index contributed by atoms with van der Waals surface area (Å²) in [5.74, 6) is -0.395. The summed E-state index contributed by atoms with van der Waals surface area (Å²) in [4.78, 5) is 11.0. The van der Waals surface area contributed by atoms with Crippen LogP contribution in [-0.4, -0.2) is 16.1 Å². The van der Waals surface area contributed by atoms with E-state index in [4.69, 9.17) is 11.6 Å². The molecule has 3 nitrogen and oxygen atoms in total. The second kappa shape index (κ2) is 4.53. The van der Waals surface area contributed by atoms with E-state index >= 15 is 0 Å². The molecular weight excluding hydrogens is 255 g/mol. The SMILES string of the molecule is CC(C)(C=O)n1cc(Cl)c(-c2ccccc2F)n1. The lowest BCUT2D eigenvalue weighted by Gasteiger charge is -2.17. The van der Waals surface area contributed by atoms with Crippen LogP contribution in [0.1, 0.15) is 13.8 Å². The molecule has 5 heteroatoms. The number of carbonyl (C=O) groups excluding carboxylic acids is 1. The van der Waals surface area contributed by atoms with Gasteiger partial charge in [0, 0.05) is 11.8 Å². The zero-order valence-corrected chi connectivity index (χ0v) is 10.8. The lowest BCUT2D eigenvalue weighted by Crippen LogP contribution is -2.28. The Balaban J connectivity index is 2.55. The molecule has 2 rings (SSSR count). The lowest BCUT2D eigenvalue weighted by molar-refractivity contribution is -0.114. The third-order valence-corrected chi connectivity index (χ3v) is 2.95. The number of hydrogen-bond acceptors (Lipinski definition) is 2. The fourth-order valence-corrected chi connectivity index (χ4v) is 1.77. The summed E-state index contributed by atoms with van der Waals surface area (Å²) in [6, 6.07) is 6.25. The minimum atomic E-state index is -0.812. The van der Waals surface area contributed by atoms with Crippen LogP contribution in [0.25, 0.3) is 11.3 Å². The molecule has 0 aliphatic heterocycles. The molecule has 0 fully saturated rings. The number of rotatable bonds is 3. The average molecular weight is 267 g/mol. The molecule has 0 radical (unpaired) electrons. The van der Waals surface area contributed by atoms with Crippen molar-refractivity contribution >= 4 is 17.9 Å². The normalized spacial score (nSPS) is 11.6. The van der Waals surface area contributed by atoms with Crippen molar-refractivity contribution in [1.82, 2.24) is 9.78 Å². The van der Waals surface area contributed by atoms with Gasteiger partial charge in [0.15, 0.2) is 0 Å². The third kappa shape index (κ3) is 2.16. The summed E-state index contributed by atoms with van der Waals surface area (Å²) in [5.41, 5.74) is -0.153. The van der Waals surface area contributed by atoms with E-state index in [9.17, 15) is 9.18 Å². The zero-order chi connectivity index (χ0) is 13.3. The number of nitrogens with zero attached hydrogens (tertiary/aromatic N) is 2. The van der Waals surface area contributed by atoms with Gasteiger partial charge in [0.1, 0.15) is 23.3 Å². The minimum Gasteiger partial charge on any atom is -0.301 e. The molecule has 0 atom stereocenters. The predicted octanol–water partition coefficient (Wildman–Crippen LogP) is 3.28. The van der Waals surface area contributed by atoms with Crippen molar-refractivity contribution in [3.05, 3.63) is 41.3 Å². The van der Waals surface area contributed by atoms with Gasteiger partial charge in [-0.15, -0.1) is 0 Å². The van der Waals surface area contributed by atoms with Crippen LogP contribution in [-0.2, 0) is 10.3 Å². The molecule has 0 bridgehead atoms. The van der Waals surface area contributed by atoms with E-state index in [1.165, 1.54) is 16.9 Å². The Morgan fingerprint density at radius 3 is 2.67 bits per heavy atom. The smallest absolute Gasteiger partial charge is 0.147 e. The standard InChI is InChI=1S/C13H12ClFN2O/c1-13(2,8-18)17-7-10(14)12(16-17)9-5-3-4-6-11(9)15/h3-8H,1-2H3. The third-order valence-electron chi connectivity index (χ3n) is 2.68. The Bertz CT molecular complexity index is 592. The number of halogens is 2. The van der Waals surface area contributed by atoms with Gasteiger partial charge in [-0.3, -0.25) is 4.68 Å². The second-order valence-corrected chi connectivity index (χ2v) is 4.93. The maximum Gasteiger partial charge on any atom is 0.147 e. The Morgan fingerprint density at radius 2 is 2.06 bits per heavy atom. The number of hydrogen-bond donors (Lipinski definition) is 0. The fraction of sp³-hybridized carbons (Fsp3) is 0.231. The molecule has 94 valence electrons. The first-order chi connectivity index (χ1) is 8.45. The van der Waals surface area contributed by atoms with Crippen molar-refractivity contribution in [2.75, 3.05) is 0 Å². The van der Waals surface area contributed by atoms with Crippen LogP contribution in [0, 0.1) is 5.82 Å². The van der Waals surface area contributed by atoms with Gasteiger partial charge in [-0.1, -0.05) is 23.7 Å². The van der Waals surface area contributed by atoms with Crippen LogP contribution >= 0.6 is 11.6 Å². The monoisotopic (exact) mass is 266 g/mol. The van der Waals surface area contributed by atoms with Crippen LogP contribution in [0.15, 0.2) is 30.5 Å². The van der Waals surface area contributed by atoms with Gasteiger partial charge in [0.2, 0.25) is 0 Å². The molecule has 1 heterocycles. The van der Waals surface area contributed by atoms with E-state index in [-0.39, 0.29) is 0 Å². The van der Waals surface area contributed by atoms with E-state index in [0.717, 1.165) is 6.29 Å². The average Bonchev–Trinajstić information content (AvgIpc) is 2.73. The first kappa shape index (κ1) is 12.8. The van der Waals surface area contributed by atoms with Gasteiger partial charge < -0.3 is 4.79 Å². The Kier molecular flexibility index (Phi) is 3.22. The number of benzene rings is 1. The van der Waals surface area contributed by atoms with Crippen LogP contribution in [0.4, 0.5) is 4.39 Å². The predicted molar refractivity (Wildman–Crippen MR) is 68.0 cm³/mol. The van der Waals surface area contributed by atoms with Crippen LogP contribution in [0.3, 0.4) is 0 Å². The van der Waals surface area contributed by atoms with Crippen LogP contribution < -0.4 is 0 Å². The molecule has 1 aromatic carbocycles. The summed E-state index contributed by atoms with van der Waals surface area (Å²) in [6.45, 7) is 3.41. The minimum absolute atomic E-state index is 0.315. The first-order valence-corrected chi connectivity index (χ1v) is 5.80. The molecule has 0 aliphatic rings. The Hall–Kier alpha value is -1.68. The Morgan fingerprint density at radius 1 is 1.39 bits per heavy atom. The molecule has 1 aromatic heterocycles. The van der Waals surface area contributed by atoms with Crippen molar-refractivity contribution in [3.63, 3.8) is 0 Å². The maximum absolute atomic E-state index is 13.7. The largest absolute Gasteiger partial charge is 0.301 e. The van der Waals surface area contributed by atoms with Crippen LogP contribution in [0.2, 0.25) is 5.02 Å². The van der Waals surface area contributed by atoms with E-state index in [2.05, 4.69) is 5.10 Å². The lowest BCUT2D eigenvalue weighted by atomic mass is 10.1.